The molecule has 2 fully saturated rings. The van der Waals surface area contributed by atoms with Gasteiger partial charge in [0.05, 0.1) is 12.7 Å². The van der Waals surface area contributed by atoms with Crippen LogP contribution < -0.4 is 11.1 Å². The van der Waals surface area contributed by atoms with Gasteiger partial charge in [-0.25, -0.2) is 9.59 Å². The van der Waals surface area contributed by atoms with Crippen LogP contribution in [-0.4, -0.2) is 60.6 Å². The Hall–Kier alpha value is -3.88. The van der Waals surface area contributed by atoms with Gasteiger partial charge in [0.1, 0.15) is 11.6 Å². The molecular formula is C32H41N3O6. The normalized spacial score (nSPS) is 24.4. The lowest BCUT2D eigenvalue weighted by Gasteiger charge is -2.33. The summed E-state index contributed by atoms with van der Waals surface area (Å²) in [6.07, 6.45) is 2.42. The van der Waals surface area contributed by atoms with E-state index in [1.807, 2.05) is 63.2 Å². The smallest absolute Gasteiger partial charge is 0.407 e. The van der Waals surface area contributed by atoms with E-state index in [0.29, 0.717) is 24.9 Å². The molecule has 1 saturated carbocycles. The van der Waals surface area contributed by atoms with Crippen LogP contribution in [0.3, 0.4) is 0 Å². The van der Waals surface area contributed by atoms with Crippen molar-refractivity contribution < 1.29 is 28.7 Å². The molecule has 0 aromatic heterocycles. The molecular weight excluding hydrogens is 522 g/mol. The summed E-state index contributed by atoms with van der Waals surface area (Å²) in [4.78, 5) is 53.4. The SMILES string of the molecule is COC(=O)c1ccccc1C1CN(C(=O)[C@H]2CC[C@H](CNC(=O)OC(C)(C)C)CC2)[C@@H](C(N)=O)[C@@H]1c1ccccc1. The molecule has 4 rings (SSSR count). The van der Waals surface area contributed by atoms with Gasteiger partial charge in [0.15, 0.2) is 0 Å². The highest BCUT2D eigenvalue weighted by Gasteiger charge is 2.50. The van der Waals surface area contributed by atoms with Crippen molar-refractivity contribution in [1.29, 1.82) is 0 Å². The van der Waals surface area contributed by atoms with Gasteiger partial charge in [-0.2, -0.15) is 0 Å². The number of nitrogens with zero attached hydrogens (tertiary/aromatic N) is 1. The summed E-state index contributed by atoms with van der Waals surface area (Å²) in [5.41, 5.74) is 7.47. The molecule has 1 aliphatic heterocycles. The molecule has 0 bridgehead atoms. The number of primary amides is 1. The van der Waals surface area contributed by atoms with Gasteiger partial charge in [-0.05, 0) is 69.6 Å². The molecule has 3 amide bonds. The van der Waals surface area contributed by atoms with Gasteiger partial charge < -0.3 is 25.4 Å². The Morgan fingerprint density at radius 2 is 1.59 bits per heavy atom. The lowest BCUT2D eigenvalue weighted by molar-refractivity contribution is -0.142. The van der Waals surface area contributed by atoms with E-state index in [0.717, 1.165) is 24.0 Å². The molecule has 2 aromatic carbocycles. The van der Waals surface area contributed by atoms with Gasteiger partial charge in [-0.1, -0.05) is 48.5 Å². The van der Waals surface area contributed by atoms with Crippen LogP contribution in [0.5, 0.6) is 0 Å². The Morgan fingerprint density at radius 3 is 2.20 bits per heavy atom. The van der Waals surface area contributed by atoms with Crippen LogP contribution in [0.4, 0.5) is 4.79 Å². The fourth-order valence-corrected chi connectivity index (χ4v) is 6.30. The van der Waals surface area contributed by atoms with Gasteiger partial charge >= 0.3 is 12.1 Å². The summed E-state index contributed by atoms with van der Waals surface area (Å²) in [6.45, 7) is 6.22. The first-order chi connectivity index (χ1) is 19.5. The zero-order valence-corrected chi connectivity index (χ0v) is 24.3. The molecule has 0 radical (unpaired) electrons. The number of hydrogen-bond donors (Lipinski definition) is 2. The number of carbonyl (C=O) groups excluding carboxylic acids is 4. The van der Waals surface area contributed by atoms with Crippen LogP contribution in [0.15, 0.2) is 54.6 Å². The highest BCUT2D eigenvalue weighted by Crippen LogP contribution is 2.46. The quantitative estimate of drug-likeness (QED) is 0.482. The molecule has 1 aliphatic carbocycles. The Balaban J connectivity index is 1.54. The second-order valence-corrected chi connectivity index (χ2v) is 12.1. The van der Waals surface area contributed by atoms with Crippen molar-refractivity contribution in [2.45, 2.75) is 69.9 Å². The molecule has 9 nitrogen and oxygen atoms in total. The zero-order chi connectivity index (χ0) is 29.7. The molecule has 1 unspecified atom stereocenters. The van der Waals surface area contributed by atoms with Gasteiger partial charge in [0.25, 0.3) is 0 Å². The van der Waals surface area contributed by atoms with Crippen molar-refractivity contribution in [2.75, 3.05) is 20.2 Å². The second kappa shape index (κ2) is 12.7. The highest BCUT2D eigenvalue weighted by molar-refractivity contribution is 5.93. The largest absolute Gasteiger partial charge is 0.465 e. The van der Waals surface area contributed by atoms with Crippen molar-refractivity contribution in [1.82, 2.24) is 10.2 Å². The summed E-state index contributed by atoms with van der Waals surface area (Å²) in [5, 5.41) is 2.84. The van der Waals surface area contributed by atoms with Crippen molar-refractivity contribution in [3.8, 4) is 0 Å². The third-order valence-corrected chi connectivity index (χ3v) is 8.16. The number of rotatable bonds is 7. The number of esters is 1. The fraction of sp³-hybridized carbons (Fsp3) is 0.500. The van der Waals surface area contributed by atoms with Crippen molar-refractivity contribution in [3.63, 3.8) is 0 Å². The van der Waals surface area contributed by atoms with Gasteiger partial charge in [-0.15, -0.1) is 0 Å². The average Bonchev–Trinajstić information content (AvgIpc) is 3.36. The number of likely N-dealkylation sites (tertiary alicyclic amines) is 1. The monoisotopic (exact) mass is 563 g/mol. The Bertz CT molecular complexity index is 1250. The fourth-order valence-electron chi connectivity index (χ4n) is 6.30. The van der Waals surface area contributed by atoms with Crippen LogP contribution in [0.25, 0.3) is 0 Å². The summed E-state index contributed by atoms with van der Waals surface area (Å²) in [7, 11) is 1.34. The molecule has 3 atom stereocenters. The number of nitrogens with one attached hydrogen (secondary N) is 1. The van der Waals surface area contributed by atoms with Crippen molar-refractivity contribution >= 4 is 23.9 Å². The van der Waals surface area contributed by atoms with E-state index in [1.54, 1.807) is 17.0 Å². The number of amides is 3. The first-order valence-electron chi connectivity index (χ1n) is 14.3. The molecule has 1 saturated heterocycles. The molecule has 0 spiro atoms. The van der Waals surface area contributed by atoms with Crippen molar-refractivity contribution in [2.24, 2.45) is 17.6 Å². The third-order valence-electron chi connectivity index (χ3n) is 8.16. The molecule has 41 heavy (non-hydrogen) atoms. The van der Waals surface area contributed by atoms with Crippen LogP contribution in [0, 0.1) is 11.8 Å². The number of carbonyl (C=O) groups is 4. The van der Waals surface area contributed by atoms with Crippen LogP contribution in [0.2, 0.25) is 0 Å². The number of ether oxygens (including phenoxy) is 2. The van der Waals surface area contributed by atoms with Crippen LogP contribution >= 0.6 is 0 Å². The number of nitrogens with two attached hydrogens (primary N) is 1. The van der Waals surface area contributed by atoms with Gasteiger partial charge in [0.2, 0.25) is 11.8 Å². The second-order valence-electron chi connectivity index (χ2n) is 12.1. The molecule has 3 N–H and O–H groups in total. The molecule has 220 valence electrons. The average molecular weight is 564 g/mol. The summed E-state index contributed by atoms with van der Waals surface area (Å²) >= 11 is 0. The summed E-state index contributed by atoms with van der Waals surface area (Å²) in [5.74, 6) is -1.88. The molecule has 2 aliphatic rings. The van der Waals surface area contributed by atoms with E-state index in [1.165, 1.54) is 7.11 Å². The first kappa shape index (κ1) is 30.1. The predicted octanol–water partition coefficient (Wildman–Crippen LogP) is 4.37. The Labute approximate surface area is 241 Å². The van der Waals surface area contributed by atoms with E-state index in [9.17, 15) is 19.2 Å². The maximum atomic E-state index is 14.0. The minimum atomic E-state index is -0.854. The highest BCUT2D eigenvalue weighted by atomic mass is 16.6. The maximum absolute atomic E-state index is 14.0. The zero-order valence-electron chi connectivity index (χ0n) is 24.3. The minimum absolute atomic E-state index is 0.0914. The van der Waals surface area contributed by atoms with Crippen molar-refractivity contribution in [3.05, 3.63) is 71.3 Å². The number of hydrogen-bond acceptors (Lipinski definition) is 6. The van der Waals surface area contributed by atoms with Crippen LogP contribution in [-0.2, 0) is 19.1 Å². The van der Waals surface area contributed by atoms with E-state index in [4.69, 9.17) is 15.2 Å². The van der Waals surface area contributed by atoms with E-state index in [2.05, 4.69) is 5.32 Å². The molecule has 2 aromatic rings. The number of methoxy groups -OCH3 is 1. The lowest BCUT2D eigenvalue weighted by Crippen LogP contribution is -2.48. The first-order valence-corrected chi connectivity index (χ1v) is 14.3. The third kappa shape index (κ3) is 7.07. The number of alkyl carbamates (subject to hydrolysis) is 1. The van der Waals surface area contributed by atoms with Gasteiger partial charge in [0, 0.05) is 30.8 Å². The standard InChI is InChI=1S/C32H41N3O6/c1-32(2,3)41-31(39)34-18-20-14-16-22(17-15-20)29(37)35-19-25(23-12-8-9-13-24(23)30(38)40-4)26(27(35)28(33)36)21-10-6-5-7-11-21/h5-13,20,22,25-27H,14-19H2,1-4H3,(H2,33,36)(H,34,39)/t20-,22-,25?,26-,27-/m1/s1. The number of benzene rings is 2. The maximum Gasteiger partial charge on any atom is 0.407 e. The molecule has 9 heteroatoms. The molecule has 1 heterocycles. The Morgan fingerprint density at radius 1 is 0.951 bits per heavy atom. The minimum Gasteiger partial charge on any atom is -0.465 e. The lowest BCUT2D eigenvalue weighted by atomic mass is 9.78. The van der Waals surface area contributed by atoms with E-state index in [-0.39, 0.29) is 30.2 Å². The predicted molar refractivity (Wildman–Crippen MR) is 154 cm³/mol. The summed E-state index contributed by atoms with van der Waals surface area (Å²) in [6, 6.07) is 15.9. The summed E-state index contributed by atoms with van der Waals surface area (Å²) < 4.78 is 10.4. The Kier molecular flexibility index (Phi) is 9.35. The van der Waals surface area contributed by atoms with Crippen LogP contribution in [0.1, 0.15) is 79.8 Å². The van der Waals surface area contributed by atoms with E-state index >= 15 is 0 Å². The topological polar surface area (TPSA) is 128 Å². The van der Waals surface area contributed by atoms with Gasteiger partial charge in [-0.3, -0.25) is 9.59 Å². The van der Waals surface area contributed by atoms with E-state index < -0.39 is 35.5 Å².